The highest BCUT2D eigenvalue weighted by molar-refractivity contribution is 6.43. The molecule has 0 unspecified atom stereocenters. The SMILES string of the molecule is Cc1cc(F)ccc1C(=O)Nc1ncnc(Cl)c1Cl. The number of amides is 1. The molecule has 1 aromatic heterocycles. The van der Waals surface area contributed by atoms with Crippen molar-refractivity contribution in [2.75, 3.05) is 5.32 Å². The van der Waals surface area contributed by atoms with Crippen LogP contribution in [0.3, 0.4) is 0 Å². The van der Waals surface area contributed by atoms with Gasteiger partial charge in [0.05, 0.1) is 0 Å². The van der Waals surface area contributed by atoms with E-state index >= 15 is 0 Å². The number of carbonyl (C=O) groups excluding carboxylic acids is 1. The van der Waals surface area contributed by atoms with E-state index in [0.717, 1.165) is 0 Å². The molecule has 0 saturated heterocycles. The molecule has 1 N–H and O–H groups in total. The van der Waals surface area contributed by atoms with E-state index in [1.807, 2.05) is 0 Å². The Morgan fingerprint density at radius 2 is 2.05 bits per heavy atom. The van der Waals surface area contributed by atoms with Crippen molar-refractivity contribution in [1.82, 2.24) is 9.97 Å². The third kappa shape index (κ3) is 3.00. The summed E-state index contributed by atoms with van der Waals surface area (Å²) in [5, 5.41) is 2.60. The number of aromatic nitrogens is 2. The van der Waals surface area contributed by atoms with Crippen LogP contribution in [-0.4, -0.2) is 15.9 Å². The Morgan fingerprint density at radius 3 is 2.74 bits per heavy atom. The normalized spacial score (nSPS) is 10.3. The van der Waals surface area contributed by atoms with Crippen LogP contribution in [-0.2, 0) is 0 Å². The topological polar surface area (TPSA) is 54.9 Å². The average molecular weight is 300 g/mol. The second-order valence-corrected chi connectivity index (χ2v) is 4.48. The molecule has 0 bridgehead atoms. The van der Waals surface area contributed by atoms with Crippen LogP contribution in [0.25, 0.3) is 0 Å². The molecule has 0 radical (unpaired) electrons. The highest BCUT2D eigenvalue weighted by atomic mass is 35.5. The lowest BCUT2D eigenvalue weighted by Gasteiger charge is -2.08. The fourth-order valence-corrected chi connectivity index (χ4v) is 1.77. The minimum absolute atomic E-state index is 0.0443. The van der Waals surface area contributed by atoms with Crippen molar-refractivity contribution < 1.29 is 9.18 Å². The van der Waals surface area contributed by atoms with Crippen molar-refractivity contribution in [3.63, 3.8) is 0 Å². The zero-order chi connectivity index (χ0) is 14.0. The zero-order valence-electron chi connectivity index (χ0n) is 9.75. The van der Waals surface area contributed by atoms with Gasteiger partial charge in [-0.25, -0.2) is 14.4 Å². The van der Waals surface area contributed by atoms with E-state index in [9.17, 15) is 9.18 Å². The van der Waals surface area contributed by atoms with Gasteiger partial charge in [-0.1, -0.05) is 23.2 Å². The Morgan fingerprint density at radius 1 is 1.32 bits per heavy atom. The third-order valence-electron chi connectivity index (χ3n) is 2.41. The number of rotatable bonds is 2. The molecule has 4 nitrogen and oxygen atoms in total. The van der Waals surface area contributed by atoms with Crippen LogP contribution in [0.4, 0.5) is 10.2 Å². The van der Waals surface area contributed by atoms with Gasteiger partial charge in [-0.05, 0) is 30.7 Å². The first-order chi connectivity index (χ1) is 8.99. The molecule has 0 aliphatic carbocycles. The molecular formula is C12H8Cl2FN3O. The number of carbonyl (C=O) groups is 1. The van der Waals surface area contributed by atoms with Crippen molar-refractivity contribution in [3.8, 4) is 0 Å². The molecule has 0 spiro atoms. The van der Waals surface area contributed by atoms with Crippen LogP contribution < -0.4 is 5.32 Å². The second-order valence-electron chi connectivity index (χ2n) is 3.74. The monoisotopic (exact) mass is 299 g/mol. The summed E-state index contributed by atoms with van der Waals surface area (Å²) in [6.45, 7) is 1.63. The molecule has 0 fully saturated rings. The second kappa shape index (κ2) is 5.50. The van der Waals surface area contributed by atoms with Crippen molar-refractivity contribution >= 4 is 34.9 Å². The first kappa shape index (κ1) is 13.7. The van der Waals surface area contributed by atoms with Gasteiger partial charge in [-0.15, -0.1) is 0 Å². The number of nitrogens with zero attached hydrogens (tertiary/aromatic N) is 2. The minimum Gasteiger partial charge on any atom is -0.305 e. The Labute approximate surface area is 118 Å². The van der Waals surface area contributed by atoms with Gasteiger partial charge in [-0.3, -0.25) is 4.79 Å². The van der Waals surface area contributed by atoms with Crippen LogP contribution in [0, 0.1) is 12.7 Å². The van der Waals surface area contributed by atoms with E-state index in [-0.39, 0.29) is 16.0 Å². The number of nitrogens with one attached hydrogen (secondary N) is 1. The Balaban J connectivity index is 2.28. The maximum absolute atomic E-state index is 13.0. The van der Waals surface area contributed by atoms with Gasteiger partial charge in [0.15, 0.2) is 11.0 Å². The fraction of sp³-hybridized carbons (Fsp3) is 0.0833. The van der Waals surface area contributed by atoms with Crippen molar-refractivity contribution in [2.45, 2.75) is 6.92 Å². The van der Waals surface area contributed by atoms with Gasteiger partial charge in [0.2, 0.25) is 0 Å². The number of halogens is 3. The zero-order valence-corrected chi connectivity index (χ0v) is 11.3. The van der Waals surface area contributed by atoms with Crippen LogP contribution >= 0.6 is 23.2 Å². The van der Waals surface area contributed by atoms with E-state index in [2.05, 4.69) is 15.3 Å². The summed E-state index contributed by atoms with van der Waals surface area (Å²) in [6, 6.07) is 3.86. The minimum atomic E-state index is -0.450. The first-order valence-electron chi connectivity index (χ1n) is 5.22. The van der Waals surface area contributed by atoms with Crippen molar-refractivity contribution in [2.24, 2.45) is 0 Å². The summed E-state index contributed by atoms with van der Waals surface area (Å²) in [5.74, 6) is -0.748. The Bertz CT molecular complexity index is 649. The molecule has 0 saturated carbocycles. The summed E-state index contributed by atoms with van der Waals surface area (Å²) in [7, 11) is 0. The lowest BCUT2D eigenvalue weighted by atomic mass is 10.1. The standard InChI is InChI=1S/C12H8Cl2FN3O/c1-6-4-7(15)2-3-8(6)12(19)18-11-9(13)10(14)16-5-17-11/h2-5H,1H3,(H,16,17,18,19). The highest BCUT2D eigenvalue weighted by Crippen LogP contribution is 2.26. The number of benzene rings is 1. The van der Waals surface area contributed by atoms with Gasteiger partial charge in [0.25, 0.3) is 5.91 Å². The van der Waals surface area contributed by atoms with E-state index in [1.165, 1.54) is 24.5 Å². The Kier molecular flexibility index (Phi) is 3.97. The molecule has 0 aliphatic rings. The lowest BCUT2D eigenvalue weighted by Crippen LogP contribution is -2.15. The molecule has 19 heavy (non-hydrogen) atoms. The molecule has 1 aromatic carbocycles. The average Bonchev–Trinajstić information content (AvgIpc) is 2.34. The summed E-state index contributed by atoms with van der Waals surface area (Å²) < 4.78 is 13.0. The van der Waals surface area contributed by atoms with Gasteiger partial charge in [0.1, 0.15) is 17.2 Å². The largest absolute Gasteiger partial charge is 0.305 e. The van der Waals surface area contributed by atoms with Gasteiger partial charge in [0, 0.05) is 5.56 Å². The molecule has 0 atom stereocenters. The highest BCUT2D eigenvalue weighted by Gasteiger charge is 2.14. The van der Waals surface area contributed by atoms with Crippen LogP contribution in [0.1, 0.15) is 15.9 Å². The number of hydrogen-bond donors (Lipinski definition) is 1. The van der Waals surface area contributed by atoms with E-state index in [0.29, 0.717) is 11.1 Å². The van der Waals surface area contributed by atoms with Crippen LogP contribution in [0.5, 0.6) is 0 Å². The van der Waals surface area contributed by atoms with Crippen LogP contribution in [0.2, 0.25) is 10.2 Å². The van der Waals surface area contributed by atoms with Crippen LogP contribution in [0.15, 0.2) is 24.5 Å². The lowest BCUT2D eigenvalue weighted by molar-refractivity contribution is 0.102. The fourth-order valence-electron chi connectivity index (χ4n) is 1.49. The van der Waals surface area contributed by atoms with Crippen molar-refractivity contribution in [1.29, 1.82) is 0 Å². The Hall–Kier alpha value is -1.72. The smallest absolute Gasteiger partial charge is 0.257 e. The molecule has 0 aliphatic heterocycles. The number of hydrogen-bond acceptors (Lipinski definition) is 3. The van der Waals surface area contributed by atoms with E-state index < -0.39 is 11.7 Å². The molecule has 7 heteroatoms. The molecular weight excluding hydrogens is 292 g/mol. The van der Waals surface area contributed by atoms with Gasteiger partial charge < -0.3 is 5.32 Å². The molecule has 2 aromatic rings. The quantitative estimate of drug-likeness (QED) is 0.864. The first-order valence-corrected chi connectivity index (χ1v) is 5.98. The molecule has 1 heterocycles. The van der Waals surface area contributed by atoms with Gasteiger partial charge in [-0.2, -0.15) is 0 Å². The maximum Gasteiger partial charge on any atom is 0.257 e. The summed E-state index contributed by atoms with van der Waals surface area (Å²) in [6.07, 6.45) is 1.18. The third-order valence-corrected chi connectivity index (χ3v) is 3.15. The predicted molar refractivity (Wildman–Crippen MR) is 71.1 cm³/mol. The summed E-state index contributed by atoms with van der Waals surface area (Å²) in [4.78, 5) is 19.5. The predicted octanol–water partition coefficient (Wildman–Crippen LogP) is 3.48. The van der Waals surface area contributed by atoms with Crippen molar-refractivity contribution in [3.05, 3.63) is 51.6 Å². The van der Waals surface area contributed by atoms with E-state index in [4.69, 9.17) is 23.2 Å². The molecule has 1 amide bonds. The number of anilines is 1. The molecule has 2 rings (SSSR count). The molecule has 98 valence electrons. The summed E-state index contributed by atoms with van der Waals surface area (Å²) >= 11 is 11.6. The van der Waals surface area contributed by atoms with Gasteiger partial charge >= 0.3 is 0 Å². The van der Waals surface area contributed by atoms with E-state index in [1.54, 1.807) is 6.92 Å². The number of aryl methyl sites for hydroxylation is 1. The maximum atomic E-state index is 13.0. The summed E-state index contributed by atoms with van der Waals surface area (Å²) in [5.41, 5.74) is 0.834.